The largest absolute Gasteiger partial charge is 0.465 e. The van der Waals surface area contributed by atoms with Crippen LogP contribution >= 0.6 is 11.8 Å². The maximum absolute atomic E-state index is 5.88. The normalized spacial score (nSPS) is 13.9. The highest BCUT2D eigenvalue weighted by molar-refractivity contribution is 7.98. The van der Waals surface area contributed by atoms with Crippen molar-refractivity contribution in [2.45, 2.75) is 65.7 Å². The van der Waals surface area contributed by atoms with Crippen LogP contribution < -0.4 is 5.32 Å². The Bertz CT molecular complexity index is 423. The zero-order chi connectivity index (χ0) is 16.0. The number of nitrogens with zero attached hydrogens (tertiary/aromatic N) is 1. The molecule has 0 radical (unpaired) electrons. The molecule has 0 aliphatic carbocycles. The molecule has 0 saturated heterocycles. The van der Waals surface area contributed by atoms with Crippen molar-refractivity contribution in [2.24, 2.45) is 0 Å². The van der Waals surface area contributed by atoms with Gasteiger partial charge in [0.25, 0.3) is 0 Å². The van der Waals surface area contributed by atoms with Crippen molar-refractivity contribution in [3.8, 4) is 0 Å². The van der Waals surface area contributed by atoms with Crippen LogP contribution in [0.1, 0.15) is 51.2 Å². The molecule has 0 aliphatic rings. The van der Waals surface area contributed by atoms with Crippen LogP contribution in [-0.4, -0.2) is 35.5 Å². The fourth-order valence-electron chi connectivity index (χ4n) is 2.12. The van der Waals surface area contributed by atoms with Crippen LogP contribution in [0.2, 0.25) is 0 Å². The number of aryl methyl sites for hydroxylation is 1. The average Bonchev–Trinajstić information content (AvgIpc) is 2.73. The zero-order valence-electron chi connectivity index (χ0n) is 14.7. The molecule has 1 rings (SSSR count). The van der Waals surface area contributed by atoms with Crippen molar-refractivity contribution in [3.05, 3.63) is 23.2 Å². The minimum atomic E-state index is 0.115. The molecule has 0 saturated carbocycles. The van der Waals surface area contributed by atoms with Crippen LogP contribution in [0.25, 0.3) is 0 Å². The van der Waals surface area contributed by atoms with E-state index in [-0.39, 0.29) is 5.54 Å². The molecule has 0 bridgehead atoms. The van der Waals surface area contributed by atoms with Gasteiger partial charge in [-0.3, -0.25) is 4.90 Å². The van der Waals surface area contributed by atoms with Crippen molar-refractivity contribution in [1.82, 2.24) is 10.2 Å². The summed E-state index contributed by atoms with van der Waals surface area (Å²) in [5.41, 5.74) is 1.42. The van der Waals surface area contributed by atoms with Gasteiger partial charge in [-0.15, -0.1) is 0 Å². The summed E-state index contributed by atoms with van der Waals surface area (Å²) in [4.78, 5) is 2.41. The first-order valence-electron chi connectivity index (χ1n) is 7.75. The topological polar surface area (TPSA) is 28.4 Å². The van der Waals surface area contributed by atoms with E-state index in [0.717, 1.165) is 24.6 Å². The van der Waals surface area contributed by atoms with Gasteiger partial charge in [-0.25, -0.2) is 0 Å². The predicted molar refractivity (Wildman–Crippen MR) is 94.0 cm³/mol. The van der Waals surface area contributed by atoms with Gasteiger partial charge in [0.1, 0.15) is 11.5 Å². The molecule has 3 nitrogen and oxygen atoms in total. The van der Waals surface area contributed by atoms with Crippen LogP contribution in [0.4, 0.5) is 0 Å². The number of furan rings is 1. The minimum Gasteiger partial charge on any atom is -0.465 e. The van der Waals surface area contributed by atoms with Crippen LogP contribution in [0, 0.1) is 6.92 Å². The Morgan fingerprint density at radius 2 is 2.05 bits per heavy atom. The van der Waals surface area contributed by atoms with Crippen molar-refractivity contribution < 1.29 is 4.42 Å². The Hall–Kier alpha value is -0.450. The number of rotatable bonds is 8. The van der Waals surface area contributed by atoms with Crippen molar-refractivity contribution in [1.29, 1.82) is 0 Å². The van der Waals surface area contributed by atoms with Gasteiger partial charge < -0.3 is 9.73 Å². The predicted octanol–water partition coefficient (Wildman–Crippen LogP) is 4.05. The van der Waals surface area contributed by atoms with E-state index in [1.165, 1.54) is 17.7 Å². The van der Waals surface area contributed by atoms with E-state index >= 15 is 0 Å². The molecule has 0 aliphatic heterocycles. The highest BCUT2D eigenvalue weighted by Crippen LogP contribution is 2.19. The zero-order valence-corrected chi connectivity index (χ0v) is 15.6. The summed E-state index contributed by atoms with van der Waals surface area (Å²) < 4.78 is 5.88. The van der Waals surface area contributed by atoms with E-state index in [1.54, 1.807) is 0 Å². The van der Waals surface area contributed by atoms with Crippen LogP contribution in [0.15, 0.2) is 10.5 Å². The van der Waals surface area contributed by atoms with Crippen LogP contribution in [0.3, 0.4) is 0 Å². The summed E-state index contributed by atoms with van der Waals surface area (Å²) in [6.07, 6.45) is 3.40. The second-order valence-corrected chi connectivity index (χ2v) is 7.93. The van der Waals surface area contributed by atoms with E-state index in [1.807, 2.05) is 11.8 Å². The second-order valence-electron chi connectivity index (χ2n) is 6.94. The van der Waals surface area contributed by atoms with Gasteiger partial charge in [0, 0.05) is 23.7 Å². The van der Waals surface area contributed by atoms with Gasteiger partial charge in [0.2, 0.25) is 0 Å². The van der Waals surface area contributed by atoms with E-state index in [4.69, 9.17) is 4.42 Å². The van der Waals surface area contributed by atoms with Crippen molar-refractivity contribution >= 4 is 11.8 Å². The molecule has 1 heterocycles. The molecule has 1 atom stereocenters. The molecule has 21 heavy (non-hydrogen) atoms. The fraction of sp³-hybridized carbons (Fsp3) is 0.765. The Kier molecular flexibility index (Phi) is 7.31. The number of thioether (sulfide) groups is 1. The monoisotopic (exact) mass is 312 g/mol. The van der Waals surface area contributed by atoms with Crippen LogP contribution in [-0.2, 0) is 13.1 Å². The summed E-state index contributed by atoms with van der Waals surface area (Å²) in [7, 11) is 2.20. The summed E-state index contributed by atoms with van der Waals surface area (Å²) in [5.74, 6) is 3.30. The molecule has 4 heteroatoms. The standard InChI is InChI=1S/C17H32N2OS/c1-13(8-9-21-7)19(6)12-15-10-16(20-14(15)2)11-18-17(3,4)5/h10,13,18H,8-9,11-12H2,1-7H3. The summed E-state index contributed by atoms with van der Waals surface area (Å²) in [5, 5.41) is 3.47. The Morgan fingerprint density at radius 3 is 2.62 bits per heavy atom. The SMILES string of the molecule is CSCCC(C)N(C)Cc1cc(CNC(C)(C)C)oc1C. The minimum absolute atomic E-state index is 0.115. The second kappa shape index (κ2) is 8.25. The lowest BCUT2D eigenvalue weighted by Crippen LogP contribution is -2.34. The quantitative estimate of drug-likeness (QED) is 0.784. The fourth-order valence-corrected chi connectivity index (χ4v) is 2.69. The Balaban J connectivity index is 2.57. The first-order chi connectivity index (χ1) is 9.73. The third-order valence-electron chi connectivity index (χ3n) is 3.78. The van der Waals surface area contributed by atoms with Gasteiger partial charge >= 0.3 is 0 Å². The van der Waals surface area contributed by atoms with Crippen LogP contribution in [0.5, 0.6) is 0 Å². The molecule has 0 fully saturated rings. The van der Waals surface area contributed by atoms with E-state index in [2.05, 4.69) is 64.2 Å². The van der Waals surface area contributed by atoms with Gasteiger partial charge in [-0.1, -0.05) is 0 Å². The third kappa shape index (κ3) is 6.90. The van der Waals surface area contributed by atoms with Gasteiger partial charge in [0.05, 0.1) is 6.54 Å². The highest BCUT2D eigenvalue weighted by Gasteiger charge is 2.15. The average molecular weight is 313 g/mol. The summed E-state index contributed by atoms with van der Waals surface area (Å²) in [6, 6.07) is 2.80. The number of hydrogen-bond acceptors (Lipinski definition) is 4. The number of hydrogen-bond donors (Lipinski definition) is 1. The maximum Gasteiger partial charge on any atom is 0.118 e. The molecular formula is C17H32N2OS. The van der Waals surface area contributed by atoms with Gasteiger partial charge in [-0.2, -0.15) is 11.8 Å². The molecular weight excluding hydrogens is 280 g/mol. The molecule has 0 spiro atoms. The summed E-state index contributed by atoms with van der Waals surface area (Å²) >= 11 is 1.92. The maximum atomic E-state index is 5.88. The Morgan fingerprint density at radius 1 is 1.38 bits per heavy atom. The van der Waals surface area contributed by atoms with E-state index in [9.17, 15) is 0 Å². The van der Waals surface area contributed by atoms with Gasteiger partial charge in [-0.05, 0) is 66.2 Å². The summed E-state index contributed by atoms with van der Waals surface area (Å²) in [6.45, 7) is 12.6. The molecule has 1 unspecified atom stereocenters. The molecule has 1 aromatic rings. The lowest BCUT2D eigenvalue weighted by Gasteiger charge is -2.24. The lowest BCUT2D eigenvalue weighted by atomic mass is 10.1. The van der Waals surface area contributed by atoms with Crippen molar-refractivity contribution in [3.63, 3.8) is 0 Å². The van der Waals surface area contributed by atoms with Gasteiger partial charge in [0.15, 0.2) is 0 Å². The van der Waals surface area contributed by atoms with E-state index < -0.39 is 0 Å². The molecule has 122 valence electrons. The molecule has 0 aromatic carbocycles. The molecule has 1 aromatic heterocycles. The highest BCUT2D eigenvalue weighted by atomic mass is 32.2. The number of nitrogens with one attached hydrogen (secondary N) is 1. The van der Waals surface area contributed by atoms with E-state index in [0.29, 0.717) is 6.04 Å². The first-order valence-corrected chi connectivity index (χ1v) is 9.14. The first kappa shape index (κ1) is 18.6. The lowest BCUT2D eigenvalue weighted by molar-refractivity contribution is 0.243. The Labute approximate surface area is 134 Å². The van der Waals surface area contributed by atoms with Crippen molar-refractivity contribution in [2.75, 3.05) is 19.1 Å². The molecule has 1 N–H and O–H groups in total. The smallest absolute Gasteiger partial charge is 0.118 e. The molecule has 0 amide bonds. The third-order valence-corrected chi connectivity index (χ3v) is 4.42.